The summed E-state index contributed by atoms with van der Waals surface area (Å²) in [6.07, 6.45) is 1.15. The first-order valence-corrected chi connectivity index (χ1v) is 8.11. The molecule has 1 aliphatic heterocycles. The molecule has 4 nitrogen and oxygen atoms in total. The lowest BCUT2D eigenvalue weighted by atomic mass is 10.1. The van der Waals surface area contributed by atoms with Gasteiger partial charge in [-0.3, -0.25) is 4.79 Å². The fourth-order valence-electron chi connectivity index (χ4n) is 2.80. The summed E-state index contributed by atoms with van der Waals surface area (Å²) in [4.78, 5) is 11.8. The van der Waals surface area contributed by atoms with E-state index < -0.39 is 0 Å². The summed E-state index contributed by atoms with van der Waals surface area (Å²) in [7, 11) is 0. The van der Waals surface area contributed by atoms with Crippen molar-refractivity contribution >= 4 is 5.91 Å². The Morgan fingerprint density at radius 2 is 2.08 bits per heavy atom. The first-order valence-electron chi connectivity index (χ1n) is 8.11. The molecule has 2 aromatic carbocycles. The van der Waals surface area contributed by atoms with Crippen molar-refractivity contribution in [2.24, 2.45) is 0 Å². The van der Waals surface area contributed by atoms with Crippen LogP contribution in [0.15, 0.2) is 42.5 Å². The van der Waals surface area contributed by atoms with E-state index in [2.05, 4.69) is 23.6 Å². The number of ether oxygens (including phenoxy) is 1. The zero-order chi connectivity index (χ0) is 16.9. The fourth-order valence-corrected chi connectivity index (χ4v) is 2.80. The highest BCUT2D eigenvalue weighted by Crippen LogP contribution is 2.29. The summed E-state index contributed by atoms with van der Waals surface area (Å²) in [5.74, 6) is 0.491. The molecule has 0 saturated heterocycles. The Morgan fingerprint density at radius 1 is 1.25 bits per heavy atom. The normalized spacial score (nSPS) is 15.7. The van der Waals surface area contributed by atoms with Crippen LogP contribution in [-0.4, -0.2) is 18.6 Å². The van der Waals surface area contributed by atoms with E-state index in [1.165, 1.54) is 11.6 Å². The number of hydrogen-bond acceptors (Lipinski definition) is 3. The van der Waals surface area contributed by atoms with Gasteiger partial charge in [0.25, 0.3) is 0 Å². The number of hydrogen-bond donors (Lipinski definition) is 2. The third kappa shape index (κ3) is 4.11. The Labute approximate surface area is 141 Å². The minimum atomic E-state index is -0.305. The fraction of sp³-hybridized carbons (Fsp3) is 0.316. The van der Waals surface area contributed by atoms with Gasteiger partial charge in [0.1, 0.15) is 17.7 Å². The average Bonchev–Trinajstić information content (AvgIpc) is 2.93. The highest BCUT2D eigenvalue weighted by atomic mass is 19.1. The van der Waals surface area contributed by atoms with Crippen molar-refractivity contribution in [1.29, 1.82) is 0 Å². The molecule has 0 saturated carbocycles. The maximum atomic E-state index is 13.5. The molecule has 1 heterocycles. The van der Waals surface area contributed by atoms with E-state index in [-0.39, 0.29) is 30.9 Å². The number of rotatable bonds is 6. The minimum absolute atomic E-state index is 0.156. The molecule has 0 aliphatic carbocycles. The molecular weight excluding hydrogens is 307 g/mol. The second kappa shape index (κ2) is 7.45. The maximum Gasteiger partial charge on any atom is 0.234 e. The molecule has 1 amide bonds. The van der Waals surface area contributed by atoms with E-state index in [1.807, 2.05) is 12.1 Å². The first kappa shape index (κ1) is 16.5. The van der Waals surface area contributed by atoms with Crippen LogP contribution >= 0.6 is 0 Å². The Hall–Kier alpha value is -2.40. The van der Waals surface area contributed by atoms with E-state index >= 15 is 0 Å². The van der Waals surface area contributed by atoms with Crippen LogP contribution in [-0.2, 0) is 24.3 Å². The van der Waals surface area contributed by atoms with Gasteiger partial charge in [0.15, 0.2) is 0 Å². The summed E-state index contributed by atoms with van der Waals surface area (Å²) < 4.78 is 19.1. The molecule has 3 rings (SSSR count). The van der Waals surface area contributed by atoms with Gasteiger partial charge in [-0.25, -0.2) is 4.39 Å². The van der Waals surface area contributed by atoms with Crippen LogP contribution in [0.5, 0.6) is 5.75 Å². The van der Waals surface area contributed by atoms with Gasteiger partial charge in [0.2, 0.25) is 5.91 Å². The van der Waals surface area contributed by atoms with Gasteiger partial charge in [-0.1, -0.05) is 30.3 Å². The number of nitrogens with one attached hydrogen (secondary N) is 2. The lowest BCUT2D eigenvalue weighted by molar-refractivity contribution is -0.120. The molecule has 0 spiro atoms. The van der Waals surface area contributed by atoms with Crippen LogP contribution in [0.1, 0.15) is 23.6 Å². The molecule has 5 heteroatoms. The SMILES string of the molecule is CC1Cc2cc(CNCC(=O)NCc3ccccc3F)ccc2O1. The van der Waals surface area contributed by atoms with Crippen molar-refractivity contribution in [3.8, 4) is 5.75 Å². The predicted molar refractivity (Wildman–Crippen MR) is 90.2 cm³/mol. The molecule has 1 unspecified atom stereocenters. The number of benzene rings is 2. The second-order valence-corrected chi connectivity index (χ2v) is 6.05. The molecule has 0 radical (unpaired) electrons. The van der Waals surface area contributed by atoms with Crippen LogP contribution in [0.25, 0.3) is 0 Å². The summed E-state index contributed by atoms with van der Waals surface area (Å²) in [5, 5.41) is 5.82. The van der Waals surface area contributed by atoms with Crippen molar-refractivity contribution in [3.63, 3.8) is 0 Å². The van der Waals surface area contributed by atoms with Gasteiger partial charge in [-0.15, -0.1) is 0 Å². The highest BCUT2D eigenvalue weighted by molar-refractivity contribution is 5.77. The molecule has 1 aliphatic rings. The summed E-state index contributed by atoms with van der Waals surface area (Å²) in [6.45, 7) is 3.05. The van der Waals surface area contributed by atoms with E-state index in [0.717, 1.165) is 17.7 Å². The molecule has 126 valence electrons. The summed E-state index contributed by atoms with van der Waals surface area (Å²) in [5.41, 5.74) is 2.82. The maximum absolute atomic E-state index is 13.5. The topological polar surface area (TPSA) is 50.4 Å². The average molecular weight is 328 g/mol. The molecule has 24 heavy (non-hydrogen) atoms. The van der Waals surface area contributed by atoms with E-state index in [0.29, 0.717) is 12.1 Å². The highest BCUT2D eigenvalue weighted by Gasteiger charge is 2.18. The lowest BCUT2D eigenvalue weighted by Crippen LogP contribution is -2.33. The molecule has 0 fully saturated rings. The number of carbonyl (C=O) groups excluding carboxylic acids is 1. The molecular formula is C19H21FN2O2. The van der Waals surface area contributed by atoms with E-state index in [9.17, 15) is 9.18 Å². The lowest BCUT2D eigenvalue weighted by Gasteiger charge is -2.08. The van der Waals surface area contributed by atoms with Crippen molar-refractivity contribution < 1.29 is 13.9 Å². The van der Waals surface area contributed by atoms with Gasteiger partial charge < -0.3 is 15.4 Å². The van der Waals surface area contributed by atoms with Crippen molar-refractivity contribution in [3.05, 3.63) is 65.0 Å². The third-order valence-corrected chi connectivity index (χ3v) is 4.01. The van der Waals surface area contributed by atoms with Crippen LogP contribution in [0.2, 0.25) is 0 Å². The van der Waals surface area contributed by atoms with Gasteiger partial charge in [0.05, 0.1) is 6.54 Å². The standard InChI is InChI=1S/C19H21FN2O2/c1-13-8-16-9-14(6-7-18(16)24-13)10-21-12-19(23)22-11-15-4-2-3-5-17(15)20/h2-7,9,13,21H,8,10-12H2,1H3,(H,22,23). The largest absolute Gasteiger partial charge is 0.490 e. The minimum Gasteiger partial charge on any atom is -0.490 e. The number of carbonyl (C=O) groups is 1. The van der Waals surface area contributed by atoms with Crippen molar-refractivity contribution in [2.45, 2.75) is 32.5 Å². The van der Waals surface area contributed by atoms with E-state index in [4.69, 9.17) is 4.74 Å². The Morgan fingerprint density at radius 3 is 2.92 bits per heavy atom. The Kier molecular flexibility index (Phi) is 5.11. The Bertz CT molecular complexity index is 733. The monoisotopic (exact) mass is 328 g/mol. The molecule has 2 N–H and O–H groups in total. The molecule has 2 aromatic rings. The van der Waals surface area contributed by atoms with Crippen LogP contribution in [0.4, 0.5) is 4.39 Å². The summed E-state index contributed by atoms with van der Waals surface area (Å²) in [6, 6.07) is 12.5. The van der Waals surface area contributed by atoms with E-state index in [1.54, 1.807) is 18.2 Å². The smallest absolute Gasteiger partial charge is 0.234 e. The summed E-state index contributed by atoms with van der Waals surface area (Å²) >= 11 is 0. The first-order chi connectivity index (χ1) is 11.6. The van der Waals surface area contributed by atoms with Crippen molar-refractivity contribution in [2.75, 3.05) is 6.54 Å². The number of amides is 1. The zero-order valence-corrected chi connectivity index (χ0v) is 13.6. The van der Waals surface area contributed by atoms with Crippen LogP contribution < -0.4 is 15.4 Å². The van der Waals surface area contributed by atoms with Crippen molar-refractivity contribution in [1.82, 2.24) is 10.6 Å². The number of halogens is 1. The number of fused-ring (bicyclic) bond motifs is 1. The second-order valence-electron chi connectivity index (χ2n) is 6.05. The van der Waals surface area contributed by atoms with Gasteiger partial charge in [0, 0.05) is 25.1 Å². The Balaban J connectivity index is 1.43. The van der Waals surface area contributed by atoms with Crippen LogP contribution in [0, 0.1) is 5.82 Å². The van der Waals surface area contributed by atoms with Gasteiger partial charge >= 0.3 is 0 Å². The molecule has 0 aromatic heterocycles. The quantitative estimate of drug-likeness (QED) is 0.857. The van der Waals surface area contributed by atoms with Gasteiger partial charge in [-0.2, -0.15) is 0 Å². The third-order valence-electron chi connectivity index (χ3n) is 4.01. The van der Waals surface area contributed by atoms with Gasteiger partial charge in [-0.05, 0) is 30.2 Å². The predicted octanol–water partition coefficient (Wildman–Crippen LogP) is 2.56. The molecule has 1 atom stereocenters. The molecule has 0 bridgehead atoms. The zero-order valence-electron chi connectivity index (χ0n) is 13.6. The van der Waals surface area contributed by atoms with Crippen LogP contribution in [0.3, 0.4) is 0 Å².